The van der Waals surface area contributed by atoms with E-state index >= 15 is 0 Å². The van der Waals surface area contributed by atoms with Crippen LogP contribution in [-0.2, 0) is 21.9 Å². The fourth-order valence-electron chi connectivity index (χ4n) is 4.16. The van der Waals surface area contributed by atoms with Crippen molar-refractivity contribution in [2.45, 2.75) is 31.6 Å². The van der Waals surface area contributed by atoms with Gasteiger partial charge in [0, 0.05) is 37.2 Å². The number of para-hydroxylation sites is 1. The van der Waals surface area contributed by atoms with Gasteiger partial charge in [0.1, 0.15) is 10.6 Å². The summed E-state index contributed by atoms with van der Waals surface area (Å²) in [4.78, 5) is 25.4. The highest BCUT2D eigenvalue weighted by atomic mass is 32.2. The maximum atomic E-state index is 13.1. The van der Waals surface area contributed by atoms with Crippen molar-refractivity contribution in [3.05, 3.63) is 47.5 Å². The summed E-state index contributed by atoms with van der Waals surface area (Å²) in [6.07, 6.45) is 2.74. The van der Waals surface area contributed by atoms with Gasteiger partial charge in [-0.05, 0) is 32.8 Å². The molecule has 32 heavy (non-hydrogen) atoms. The number of amides is 2. The smallest absolute Gasteiger partial charge is 0.271 e. The van der Waals surface area contributed by atoms with Gasteiger partial charge in [-0.2, -0.15) is 4.31 Å². The summed E-state index contributed by atoms with van der Waals surface area (Å²) in [6, 6.07) is 7.47. The molecule has 2 N–H and O–H groups in total. The molecular formula is C21H25N5O5S. The number of aromatic nitrogens is 2. The average molecular weight is 460 g/mol. The molecule has 4 rings (SSSR count). The standard InChI is InChI=1S/C21H25N5O5S/c1-13-19(14(2)31-24-13)32(29,30)26-10-6-7-15(11-26)20(27)22-23-21(28)17-12-25(3)18-9-5-4-8-16(17)18/h4-5,8-9,12,15H,6-7,10-11H2,1-3H3,(H,22,27)(H,23,28). The average Bonchev–Trinajstić information content (AvgIpc) is 3.31. The number of carbonyl (C=O) groups is 2. The second kappa shape index (κ2) is 8.40. The Kier molecular flexibility index (Phi) is 5.78. The number of rotatable bonds is 4. The van der Waals surface area contributed by atoms with E-state index in [2.05, 4.69) is 16.0 Å². The van der Waals surface area contributed by atoms with E-state index in [1.54, 1.807) is 20.0 Å². The van der Waals surface area contributed by atoms with Gasteiger partial charge in [-0.3, -0.25) is 20.4 Å². The molecule has 0 radical (unpaired) electrons. The number of hydrazine groups is 1. The molecule has 0 spiro atoms. The molecule has 1 aliphatic rings. The number of benzene rings is 1. The highest BCUT2D eigenvalue weighted by Crippen LogP contribution is 2.27. The summed E-state index contributed by atoms with van der Waals surface area (Å²) in [5.74, 6) is -1.24. The van der Waals surface area contributed by atoms with Crippen LogP contribution < -0.4 is 10.9 Å². The second-order valence-corrected chi connectivity index (χ2v) is 9.84. The lowest BCUT2D eigenvalue weighted by Crippen LogP contribution is -2.50. The summed E-state index contributed by atoms with van der Waals surface area (Å²) in [6.45, 7) is 3.44. The number of carbonyl (C=O) groups excluding carboxylic acids is 2. The number of fused-ring (bicyclic) bond motifs is 1. The number of hydrogen-bond acceptors (Lipinski definition) is 6. The predicted octanol–water partition coefficient (Wildman–Crippen LogP) is 1.65. The molecule has 170 valence electrons. The zero-order valence-electron chi connectivity index (χ0n) is 18.1. The molecule has 3 aromatic rings. The van der Waals surface area contributed by atoms with Gasteiger partial charge in [-0.15, -0.1) is 0 Å². The Balaban J connectivity index is 1.43. The number of hydrogen-bond donors (Lipinski definition) is 2. The van der Waals surface area contributed by atoms with Gasteiger partial charge in [0.25, 0.3) is 5.91 Å². The van der Waals surface area contributed by atoms with Crippen molar-refractivity contribution in [3.8, 4) is 0 Å². The zero-order valence-corrected chi connectivity index (χ0v) is 18.9. The van der Waals surface area contributed by atoms with Gasteiger partial charge in [-0.25, -0.2) is 8.42 Å². The maximum absolute atomic E-state index is 13.1. The SMILES string of the molecule is Cc1noc(C)c1S(=O)(=O)N1CCCC(C(=O)NNC(=O)c2cn(C)c3ccccc23)C1. The fraction of sp³-hybridized carbons (Fsp3) is 0.381. The monoisotopic (exact) mass is 459 g/mol. The van der Waals surface area contributed by atoms with Crippen LogP contribution in [0.15, 0.2) is 39.9 Å². The molecule has 0 bridgehead atoms. The zero-order chi connectivity index (χ0) is 23.0. The number of piperidine rings is 1. The summed E-state index contributed by atoms with van der Waals surface area (Å²) in [7, 11) is -1.99. The molecule has 1 atom stereocenters. The molecule has 1 aromatic carbocycles. The van der Waals surface area contributed by atoms with Crippen molar-refractivity contribution in [2.75, 3.05) is 13.1 Å². The van der Waals surface area contributed by atoms with E-state index in [-0.39, 0.29) is 22.9 Å². The van der Waals surface area contributed by atoms with Crippen LogP contribution in [-0.4, -0.2) is 47.4 Å². The molecule has 1 unspecified atom stereocenters. The first-order valence-corrected chi connectivity index (χ1v) is 11.7. The number of aryl methyl sites for hydroxylation is 3. The van der Waals surface area contributed by atoms with Gasteiger partial charge in [0.15, 0.2) is 5.76 Å². The van der Waals surface area contributed by atoms with Gasteiger partial charge >= 0.3 is 0 Å². The Labute approximate surface area is 185 Å². The highest BCUT2D eigenvalue weighted by Gasteiger charge is 2.36. The van der Waals surface area contributed by atoms with Crippen LogP contribution in [0.4, 0.5) is 0 Å². The van der Waals surface area contributed by atoms with E-state index in [0.29, 0.717) is 24.9 Å². The van der Waals surface area contributed by atoms with Crippen molar-refractivity contribution < 1.29 is 22.5 Å². The first-order chi connectivity index (χ1) is 15.2. The van der Waals surface area contributed by atoms with Crippen LogP contribution >= 0.6 is 0 Å². The minimum absolute atomic E-state index is 0.0162. The lowest BCUT2D eigenvalue weighted by atomic mass is 9.99. The summed E-state index contributed by atoms with van der Waals surface area (Å²) >= 11 is 0. The third kappa shape index (κ3) is 3.89. The van der Waals surface area contributed by atoms with E-state index in [1.165, 1.54) is 4.31 Å². The Morgan fingerprint density at radius 1 is 1.19 bits per heavy atom. The van der Waals surface area contributed by atoms with Crippen molar-refractivity contribution in [3.63, 3.8) is 0 Å². The summed E-state index contributed by atoms with van der Waals surface area (Å²) in [5, 5.41) is 4.50. The molecule has 1 saturated heterocycles. The Bertz CT molecular complexity index is 1270. The minimum atomic E-state index is -3.84. The van der Waals surface area contributed by atoms with Crippen molar-refractivity contribution in [1.82, 2.24) is 24.9 Å². The molecule has 2 amide bonds. The van der Waals surface area contributed by atoms with E-state index < -0.39 is 27.8 Å². The first kappa shape index (κ1) is 22.0. The third-order valence-electron chi connectivity index (χ3n) is 5.76. The van der Waals surface area contributed by atoms with E-state index in [9.17, 15) is 18.0 Å². The summed E-state index contributed by atoms with van der Waals surface area (Å²) in [5.41, 5.74) is 6.54. The van der Waals surface area contributed by atoms with Crippen LogP contribution in [0.1, 0.15) is 34.7 Å². The Morgan fingerprint density at radius 2 is 1.94 bits per heavy atom. The number of sulfonamides is 1. The molecule has 3 heterocycles. The van der Waals surface area contributed by atoms with Gasteiger partial charge < -0.3 is 9.09 Å². The topological polar surface area (TPSA) is 127 Å². The maximum Gasteiger partial charge on any atom is 0.271 e. The fourth-order valence-corrected chi connectivity index (χ4v) is 5.97. The quantitative estimate of drug-likeness (QED) is 0.571. The van der Waals surface area contributed by atoms with Gasteiger partial charge in [-0.1, -0.05) is 23.4 Å². The third-order valence-corrected chi connectivity index (χ3v) is 7.87. The van der Waals surface area contributed by atoms with Crippen LogP contribution in [0.3, 0.4) is 0 Å². The number of nitrogens with one attached hydrogen (secondary N) is 2. The van der Waals surface area contributed by atoms with Gasteiger partial charge in [0.2, 0.25) is 15.9 Å². The lowest BCUT2D eigenvalue weighted by molar-refractivity contribution is -0.126. The molecule has 1 aliphatic heterocycles. The van der Waals surface area contributed by atoms with Crippen LogP contribution in [0, 0.1) is 19.8 Å². The normalized spacial score (nSPS) is 17.4. The molecule has 0 aliphatic carbocycles. The van der Waals surface area contributed by atoms with Crippen LogP contribution in [0.5, 0.6) is 0 Å². The summed E-state index contributed by atoms with van der Waals surface area (Å²) < 4.78 is 34.2. The number of nitrogens with zero attached hydrogens (tertiary/aromatic N) is 3. The van der Waals surface area contributed by atoms with Crippen LogP contribution in [0.2, 0.25) is 0 Å². The van der Waals surface area contributed by atoms with Crippen molar-refractivity contribution in [1.29, 1.82) is 0 Å². The molecular weight excluding hydrogens is 434 g/mol. The molecule has 0 saturated carbocycles. The van der Waals surface area contributed by atoms with E-state index in [1.807, 2.05) is 35.9 Å². The Morgan fingerprint density at radius 3 is 2.66 bits per heavy atom. The first-order valence-electron chi connectivity index (χ1n) is 10.3. The molecule has 2 aromatic heterocycles. The minimum Gasteiger partial charge on any atom is -0.360 e. The molecule has 1 fully saturated rings. The van der Waals surface area contributed by atoms with Crippen molar-refractivity contribution in [2.24, 2.45) is 13.0 Å². The Hall–Kier alpha value is -3.18. The largest absolute Gasteiger partial charge is 0.360 e. The van der Waals surface area contributed by atoms with E-state index in [0.717, 1.165) is 10.9 Å². The van der Waals surface area contributed by atoms with Crippen LogP contribution in [0.25, 0.3) is 10.9 Å². The highest BCUT2D eigenvalue weighted by molar-refractivity contribution is 7.89. The molecule has 10 nitrogen and oxygen atoms in total. The second-order valence-electron chi connectivity index (χ2n) is 7.97. The molecule has 11 heteroatoms. The van der Waals surface area contributed by atoms with Crippen molar-refractivity contribution >= 4 is 32.7 Å². The predicted molar refractivity (Wildman–Crippen MR) is 116 cm³/mol. The van der Waals surface area contributed by atoms with Gasteiger partial charge in [0.05, 0.1) is 11.5 Å². The lowest BCUT2D eigenvalue weighted by Gasteiger charge is -2.31. The van der Waals surface area contributed by atoms with E-state index in [4.69, 9.17) is 4.52 Å².